The third kappa shape index (κ3) is 4.44. The molecule has 2 aromatic rings. The minimum absolute atomic E-state index is 0.182. The molecule has 0 amide bonds. The Kier molecular flexibility index (Phi) is 4.84. The van der Waals surface area contributed by atoms with Crippen LogP contribution in [0.2, 0.25) is 0 Å². The molecule has 0 fully saturated rings. The molecule has 3 nitrogen and oxygen atoms in total. The number of nitrogens with zero attached hydrogens (tertiary/aromatic N) is 2. The van der Waals surface area contributed by atoms with E-state index in [0.29, 0.717) is 10.1 Å². The Hall–Kier alpha value is -1.60. The van der Waals surface area contributed by atoms with E-state index in [1.54, 1.807) is 31.5 Å². The van der Waals surface area contributed by atoms with Crippen molar-refractivity contribution in [3.8, 4) is 0 Å². The summed E-state index contributed by atoms with van der Waals surface area (Å²) in [5, 5.41) is 0.408. The van der Waals surface area contributed by atoms with E-state index in [1.165, 1.54) is 6.07 Å². The van der Waals surface area contributed by atoms with Crippen LogP contribution in [0.5, 0.6) is 0 Å². The van der Waals surface area contributed by atoms with E-state index in [2.05, 4.69) is 9.97 Å². The number of nitrogens with two attached hydrogens (primary N) is 1. The van der Waals surface area contributed by atoms with E-state index in [4.69, 9.17) is 5.73 Å². The van der Waals surface area contributed by atoms with Gasteiger partial charge in [0.2, 0.25) is 0 Å². The van der Waals surface area contributed by atoms with Gasteiger partial charge in [0.25, 0.3) is 0 Å². The second-order valence-electron chi connectivity index (χ2n) is 4.63. The molecular weight excluding hydrogens is 299 g/mol. The van der Waals surface area contributed by atoms with E-state index >= 15 is 0 Å². The Bertz CT molecular complexity index is 600. The maximum absolute atomic E-state index is 13.1. The number of hydrogen-bond acceptors (Lipinski definition) is 4. The van der Waals surface area contributed by atoms with Crippen molar-refractivity contribution in [2.75, 3.05) is 0 Å². The van der Waals surface area contributed by atoms with Gasteiger partial charge in [-0.05, 0) is 48.9 Å². The lowest BCUT2D eigenvalue weighted by molar-refractivity contribution is -0.138. The van der Waals surface area contributed by atoms with E-state index in [1.807, 2.05) is 0 Å². The SMILES string of the molecule is CC(N)Cc1ccc(Sc2ncccn2)cc1C(F)(F)F. The maximum atomic E-state index is 13.1. The van der Waals surface area contributed by atoms with Crippen LogP contribution in [0.25, 0.3) is 0 Å². The average molecular weight is 313 g/mol. The van der Waals surface area contributed by atoms with E-state index in [0.717, 1.165) is 17.8 Å². The molecule has 112 valence electrons. The third-order valence-electron chi connectivity index (χ3n) is 2.68. The highest BCUT2D eigenvalue weighted by atomic mass is 32.2. The summed E-state index contributed by atoms with van der Waals surface area (Å²) in [6.45, 7) is 1.68. The zero-order chi connectivity index (χ0) is 15.5. The van der Waals surface area contributed by atoms with Gasteiger partial charge in [-0.15, -0.1) is 0 Å². The van der Waals surface area contributed by atoms with Crippen molar-refractivity contribution >= 4 is 11.8 Å². The lowest BCUT2D eigenvalue weighted by atomic mass is 10.0. The van der Waals surface area contributed by atoms with E-state index in [9.17, 15) is 13.2 Å². The first kappa shape index (κ1) is 15.8. The van der Waals surface area contributed by atoms with Crippen LogP contribution < -0.4 is 5.73 Å². The van der Waals surface area contributed by atoms with Crippen LogP contribution in [0.1, 0.15) is 18.1 Å². The first-order valence-corrected chi connectivity index (χ1v) is 7.08. The molecule has 1 aromatic carbocycles. The monoisotopic (exact) mass is 313 g/mol. The summed E-state index contributed by atoms with van der Waals surface area (Å²) < 4.78 is 39.4. The highest BCUT2D eigenvalue weighted by molar-refractivity contribution is 7.99. The number of hydrogen-bond donors (Lipinski definition) is 1. The molecule has 0 radical (unpaired) electrons. The van der Waals surface area contributed by atoms with Gasteiger partial charge in [0.1, 0.15) is 0 Å². The van der Waals surface area contributed by atoms with Gasteiger partial charge >= 0.3 is 6.18 Å². The van der Waals surface area contributed by atoms with Crippen molar-refractivity contribution in [2.24, 2.45) is 5.73 Å². The van der Waals surface area contributed by atoms with E-state index < -0.39 is 11.7 Å². The van der Waals surface area contributed by atoms with Crippen LogP contribution in [-0.4, -0.2) is 16.0 Å². The molecule has 2 N–H and O–H groups in total. The zero-order valence-corrected chi connectivity index (χ0v) is 12.1. The van der Waals surface area contributed by atoms with Gasteiger partial charge < -0.3 is 5.73 Å². The van der Waals surface area contributed by atoms with Gasteiger partial charge in [0, 0.05) is 23.3 Å². The quantitative estimate of drug-likeness (QED) is 0.877. The molecule has 0 bridgehead atoms. The van der Waals surface area contributed by atoms with Crippen molar-refractivity contribution in [3.63, 3.8) is 0 Å². The molecule has 1 heterocycles. The lowest BCUT2D eigenvalue weighted by Gasteiger charge is -2.15. The van der Waals surface area contributed by atoms with Crippen molar-refractivity contribution in [1.29, 1.82) is 0 Å². The van der Waals surface area contributed by atoms with Crippen molar-refractivity contribution in [2.45, 2.75) is 35.6 Å². The van der Waals surface area contributed by atoms with Crippen molar-refractivity contribution in [1.82, 2.24) is 9.97 Å². The second-order valence-corrected chi connectivity index (χ2v) is 5.67. The van der Waals surface area contributed by atoms with Crippen LogP contribution in [0.4, 0.5) is 13.2 Å². The summed E-state index contributed by atoms with van der Waals surface area (Å²) in [5.41, 5.74) is 5.16. The molecule has 1 atom stereocenters. The summed E-state index contributed by atoms with van der Waals surface area (Å²) in [6, 6.07) is 5.54. The standard InChI is InChI=1S/C14H14F3N3S/c1-9(18)7-10-3-4-11(8-12(10)14(15,16)17)21-13-19-5-2-6-20-13/h2-6,8-9H,7,18H2,1H3. The number of halogens is 3. The minimum atomic E-state index is -4.40. The molecule has 0 spiro atoms. The number of rotatable bonds is 4. The molecule has 1 aromatic heterocycles. The largest absolute Gasteiger partial charge is 0.416 e. The highest BCUT2D eigenvalue weighted by Crippen LogP contribution is 2.36. The fraction of sp³-hybridized carbons (Fsp3) is 0.286. The van der Waals surface area contributed by atoms with Crippen LogP contribution in [0.3, 0.4) is 0 Å². The van der Waals surface area contributed by atoms with Gasteiger partial charge in [-0.1, -0.05) is 6.07 Å². The summed E-state index contributed by atoms with van der Waals surface area (Å²) in [5.74, 6) is 0. The fourth-order valence-corrected chi connectivity index (χ4v) is 2.60. The van der Waals surface area contributed by atoms with Crippen LogP contribution >= 0.6 is 11.8 Å². The Morgan fingerprint density at radius 1 is 1.24 bits per heavy atom. The smallest absolute Gasteiger partial charge is 0.328 e. The summed E-state index contributed by atoms with van der Waals surface area (Å²) in [7, 11) is 0. The summed E-state index contributed by atoms with van der Waals surface area (Å²) in [4.78, 5) is 8.42. The molecule has 0 saturated carbocycles. The molecule has 2 rings (SSSR count). The molecule has 0 aliphatic heterocycles. The van der Waals surface area contributed by atoms with Crippen molar-refractivity contribution < 1.29 is 13.2 Å². The number of benzene rings is 1. The molecule has 0 aliphatic rings. The van der Waals surface area contributed by atoms with Gasteiger partial charge in [0.15, 0.2) is 5.16 Å². The minimum Gasteiger partial charge on any atom is -0.328 e. The Morgan fingerprint density at radius 2 is 1.90 bits per heavy atom. The van der Waals surface area contributed by atoms with Gasteiger partial charge in [0.05, 0.1) is 5.56 Å². The van der Waals surface area contributed by atoms with Crippen LogP contribution in [-0.2, 0) is 12.6 Å². The summed E-state index contributed by atoms with van der Waals surface area (Å²) in [6.07, 6.45) is -1.13. The fourth-order valence-electron chi connectivity index (χ4n) is 1.85. The first-order valence-electron chi connectivity index (χ1n) is 6.27. The number of aromatic nitrogens is 2. The first-order chi connectivity index (χ1) is 9.86. The Labute approximate surface area is 124 Å². The molecular formula is C14H14F3N3S. The van der Waals surface area contributed by atoms with Gasteiger partial charge in [-0.3, -0.25) is 0 Å². The number of alkyl halides is 3. The maximum Gasteiger partial charge on any atom is 0.416 e. The van der Waals surface area contributed by atoms with E-state index in [-0.39, 0.29) is 18.0 Å². The highest BCUT2D eigenvalue weighted by Gasteiger charge is 2.33. The van der Waals surface area contributed by atoms with Gasteiger partial charge in [-0.25, -0.2) is 9.97 Å². The second kappa shape index (κ2) is 6.44. The normalized spacial score (nSPS) is 13.2. The Morgan fingerprint density at radius 3 is 2.48 bits per heavy atom. The predicted molar refractivity (Wildman–Crippen MR) is 75.0 cm³/mol. The van der Waals surface area contributed by atoms with Crippen LogP contribution in [0, 0.1) is 0 Å². The lowest BCUT2D eigenvalue weighted by Crippen LogP contribution is -2.20. The third-order valence-corrected chi connectivity index (χ3v) is 3.56. The average Bonchev–Trinajstić information content (AvgIpc) is 2.40. The molecule has 7 heteroatoms. The predicted octanol–water partition coefficient (Wildman–Crippen LogP) is 3.54. The van der Waals surface area contributed by atoms with Gasteiger partial charge in [-0.2, -0.15) is 13.2 Å². The molecule has 0 saturated heterocycles. The molecule has 0 aliphatic carbocycles. The topological polar surface area (TPSA) is 51.8 Å². The van der Waals surface area contributed by atoms with Crippen LogP contribution in [0.15, 0.2) is 46.7 Å². The zero-order valence-electron chi connectivity index (χ0n) is 11.3. The molecule has 1 unspecified atom stereocenters. The molecule has 21 heavy (non-hydrogen) atoms. The summed E-state index contributed by atoms with van der Waals surface area (Å²) >= 11 is 1.09. The Balaban J connectivity index is 2.33. The van der Waals surface area contributed by atoms with Crippen molar-refractivity contribution in [3.05, 3.63) is 47.8 Å².